The number of benzene rings is 2. The van der Waals surface area contributed by atoms with E-state index < -0.39 is 12.2 Å². The number of fused-ring (bicyclic) bond motifs is 1. The van der Waals surface area contributed by atoms with Gasteiger partial charge in [0.1, 0.15) is 6.10 Å². The number of thioether (sulfide) groups is 1. The number of amides is 1. The summed E-state index contributed by atoms with van der Waals surface area (Å²) in [6.07, 6.45) is 1.47. The topological polar surface area (TPSA) is 65.2 Å². The largest absolute Gasteiger partial charge is 0.440 e. The number of nitrogens with zero attached hydrogens (tertiary/aromatic N) is 1. The molecular weight excluding hydrogens is 332 g/mol. The highest BCUT2D eigenvalue weighted by Crippen LogP contribution is 2.32. The van der Waals surface area contributed by atoms with Gasteiger partial charge in [0.05, 0.1) is 11.2 Å². The van der Waals surface area contributed by atoms with Crippen molar-refractivity contribution in [1.29, 1.82) is 0 Å². The standard InChI is InChI=1S/C20H20N2O2S/c1-25-12-11-19(24-20(21)23)18-13-16(14-7-3-2-4-8-14)15-9-5-6-10-17(15)22-18/h2-10,13,19H,11-12H2,1H3,(H2,21,23). The lowest BCUT2D eigenvalue weighted by atomic mass is 9.98. The molecule has 0 saturated heterocycles. The fourth-order valence-corrected chi connectivity index (χ4v) is 3.30. The molecule has 0 aliphatic heterocycles. The molecule has 0 bridgehead atoms. The number of primary amides is 1. The van der Waals surface area contributed by atoms with Gasteiger partial charge < -0.3 is 10.5 Å². The van der Waals surface area contributed by atoms with Crippen LogP contribution in [-0.2, 0) is 4.74 Å². The van der Waals surface area contributed by atoms with Crippen LogP contribution < -0.4 is 5.73 Å². The van der Waals surface area contributed by atoms with Crippen molar-refractivity contribution in [3.05, 3.63) is 66.4 Å². The van der Waals surface area contributed by atoms with Crippen molar-refractivity contribution in [2.24, 2.45) is 5.73 Å². The molecule has 1 heterocycles. The molecule has 4 nitrogen and oxygen atoms in total. The summed E-state index contributed by atoms with van der Waals surface area (Å²) in [5.74, 6) is 0.854. The third-order valence-electron chi connectivity index (χ3n) is 3.99. The van der Waals surface area contributed by atoms with Gasteiger partial charge in [0.2, 0.25) is 0 Å². The first-order chi connectivity index (χ1) is 12.2. The summed E-state index contributed by atoms with van der Waals surface area (Å²) < 4.78 is 5.34. The zero-order valence-electron chi connectivity index (χ0n) is 14.0. The molecule has 0 aliphatic carbocycles. The lowest BCUT2D eigenvalue weighted by Gasteiger charge is -2.18. The number of nitrogens with two attached hydrogens (primary N) is 1. The van der Waals surface area contributed by atoms with Crippen LogP contribution in [0.5, 0.6) is 0 Å². The van der Waals surface area contributed by atoms with E-state index in [2.05, 4.69) is 18.2 Å². The van der Waals surface area contributed by atoms with Gasteiger partial charge in [0.15, 0.2) is 0 Å². The van der Waals surface area contributed by atoms with E-state index >= 15 is 0 Å². The number of carbonyl (C=O) groups is 1. The lowest BCUT2D eigenvalue weighted by Crippen LogP contribution is -2.19. The van der Waals surface area contributed by atoms with E-state index in [-0.39, 0.29) is 0 Å². The van der Waals surface area contributed by atoms with E-state index in [9.17, 15) is 4.79 Å². The molecule has 0 fully saturated rings. The van der Waals surface area contributed by atoms with Crippen LogP contribution in [0.4, 0.5) is 4.79 Å². The van der Waals surface area contributed by atoms with E-state index in [1.165, 1.54) is 0 Å². The molecule has 0 radical (unpaired) electrons. The van der Waals surface area contributed by atoms with Gasteiger partial charge in [-0.3, -0.25) is 0 Å². The molecule has 2 N–H and O–H groups in total. The van der Waals surface area contributed by atoms with Crippen molar-refractivity contribution in [2.75, 3.05) is 12.0 Å². The number of rotatable bonds is 6. The highest BCUT2D eigenvalue weighted by molar-refractivity contribution is 7.98. The lowest BCUT2D eigenvalue weighted by molar-refractivity contribution is 0.103. The summed E-state index contributed by atoms with van der Waals surface area (Å²) >= 11 is 1.70. The number of hydrogen-bond acceptors (Lipinski definition) is 4. The minimum absolute atomic E-state index is 0.447. The molecule has 1 atom stereocenters. The van der Waals surface area contributed by atoms with Gasteiger partial charge in [0.25, 0.3) is 0 Å². The van der Waals surface area contributed by atoms with E-state index in [4.69, 9.17) is 15.5 Å². The van der Waals surface area contributed by atoms with Crippen LogP contribution in [0, 0.1) is 0 Å². The first-order valence-corrected chi connectivity index (χ1v) is 9.48. The Morgan fingerprint density at radius 2 is 1.88 bits per heavy atom. The maximum Gasteiger partial charge on any atom is 0.405 e. The van der Waals surface area contributed by atoms with Crippen LogP contribution in [0.3, 0.4) is 0 Å². The van der Waals surface area contributed by atoms with Crippen molar-refractivity contribution < 1.29 is 9.53 Å². The predicted octanol–water partition coefficient (Wildman–Crippen LogP) is 4.79. The molecule has 1 unspecified atom stereocenters. The van der Waals surface area contributed by atoms with E-state index in [1.54, 1.807) is 11.8 Å². The second kappa shape index (κ2) is 8.03. The summed E-state index contributed by atoms with van der Waals surface area (Å²) in [5, 5.41) is 1.07. The molecular formula is C20H20N2O2S. The van der Waals surface area contributed by atoms with Gasteiger partial charge in [0, 0.05) is 5.39 Å². The van der Waals surface area contributed by atoms with E-state index in [0.29, 0.717) is 6.42 Å². The second-order valence-corrected chi connectivity index (χ2v) is 6.67. The Bertz CT molecular complexity index is 868. The number of hydrogen-bond donors (Lipinski definition) is 1. The molecule has 0 saturated carbocycles. The Morgan fingerprint density at radius 3 is 2.60 bits per heavy atom. The zero-order valence-corrected chi connectivity index (χ0v) is 14.8. The molecule has 1 amide bonds. The van der Waals surface area contributed by atoms with Crippen molar-refractivity contribution >= 4 is 28.8 Å². The van der Waals surface area contributed by atoms with Crippen molar-refractivity contribution in [3.8, 4) is 11.1 Å². The van der Waals surface area contributed by atoms with Crippen molar-refractivity contribution in [2.45, 2.75) is 12.5 Å². The van der Waals surface area contributed by atoms with Gasteiger partial charge in [-0.25, -0.2) is 9.78 Å². The smallest absolute Gasteiger partial charge is 0.405 e. The minimum atomic E-state index is -0.776. The normalized spacial score (nSPS) is 12.0. The number of aromatic nitrogens is 1. The number of carbonyl (C=O) groups excluding carboxylic acids is 1. The van der Waals surface area contributed by atoms with Crippen LogP contribution in [0.2, 0.25) is 0 Å². The SMILES string of the molecule is CSCCC(OC(N)=O)c1cc(-c2ccccc2)c2ccccc2n1. The minimum Gasteiger partial charge on any atom is -0.440 e. The summed E-state index contributed by atoms with van der Waals surface area (Å²) in [7, 11) is 0. The molecule has 128 valence electrons. The summed E-state index contributed by atoms with van der Waals surface area (Å²) in [6, 6.07) is 20.1. The Labute approximate surface area is 151 Å². The highest BCUT2D eigenvalue weighted by atomic mass is 32.2. The molecule has 1 aromatic heterocycles. The first-order valence-electron chi connectivity index (χ1n) is 8.09. The Balaban J connectivity index is 2.13. The molecule has 0 spiro atoms. The van der Waals surface area contributed by atoms with Gasteiger partial charge in [-0.2, -0.15) is 11.8 Å². The third-order valence-corrected chi connectivity index (χ3v) is 4.64. The highest BCUT2D eigenvalue weighted by Gasteiger charge is 2.19. The number of pyridine rings is 1. The summed E-state index contributed by atoms with van der Waals surface area (Å²) in [5.41, 5.74) is 9.05. The van der Waals surface area contributed by atoms with Crippen LogP contribution in [0.15, 0.2) is 60.7 Å². The van der Waals surface area contributed by atoms with E-state index in [0.717, 1.165) is 33.5 Å². The third kappa shape index (κ3) is 4.12. The maximum absolute atomic E-state index is 11.3. The van der Waals surface area contributed by atoms with Gasteiger partial charge in [-0.05, 0) is 41.7 Å². The van der Waals surface area contributed by atoms with Crippen LogP contribution in [-0.4, -0.2) is 23.1 Å². The van der Waals surface area contributed by atoms with E-state index in [1.807, 2.05) is 48.7 Å². The molecule has 0 aliphatic rings. The van der Waals surface area contributed by atoms with Crippen LogP contribution >= 0.6 is 11.8 Å². The van der Waals surface area contributed by atoms with Gasteiger partial charge >= 0.3 is 6.09 Å². The number of para-hydroxylation sites is 1. The zero-order chi connectivity index (χ0) is 17.6. The van der Waals surface area contributed by atoms with Crippen LogP contribution in [0.1, 0.15) is 18.2 Å². The summed E-state index contributed by atoms with van der Waals surface area (Å²) in [6.45, 7) is 0. The van der Waals surface area contributed by atoms with Gasteiger partial charge in [-0.1, -0.05) is 48.5 Å². The molecule has 2 aromatic carbocycles. The van der Waals surface area contributed by atoms with Gasteiger partial charge in [-0.15, -0.1) is 0 Å². The maximum atomic E-state index is 11.3. The fraction of sp³-hybridized carbons (Fsp3) is 0.200. The Hall–Kier alpha value is -2.53. The van der Waals surface area contributed by atoms with Crippen molar-refractivity contribution in [1.82, 2.24) is 4.98 Å². The van der Waals surface area contributed by atoms with Crippen molar-refractivity contribution in [3.63, 3.8) is 0 Å². The average Bonchev–Trinajstić information content (AvgIpc) is 2.64. The molecule has 3 aromatic rings. The Kier molecular flexibility index (Phi) is 5.56. The molecule has 3 rings (SSSR count). The number of ether oxygens (including phenoxy) is 1. The predicted molar refractivity (Wildman–Crippen MR) is 104 cm³/mol. The summed E-state index contributed by atoms with van der Waals surface area (Å²) in [4.78, 5) is 16.1. The molecule has 25 heavy (non-hydrogen) atoms. The second-order valence-electron chi connectivity index (χ2n) is 5.68. The molecule has 5 heteroatoms. The van der Waals surface area contributed by atoms with Crippen LogP contribution in [0.25, 0.3) is 22.0 Å². The monoisotopic (exact) mass is 352 g/mol. The first kappa shape index (κ1) is 17.3. The average molecular weight is 352 g/mol. The quantitative estimate of drug-likeness (QED) is 0.692. The Morgan fingerprint density at radius 1 is 1.16 bits per heavy atom. The fourth-order valence-electron chi connectivity index (χ4n) is 2.85.